The van der Waals surface area contributed by atoms with Crippen LogP contribution in [0.3, 0.4) is 0 Å². The van der Waals surface area contributed by atoms with Crippen molar-refractivity contribution in [1.82, 2.24) is 0 Å². The van der Waals surface area contributed by atoms with Crippen LogP contribution in [0, 0.1) is 5.82 Å². The number of rotatable bonds is 6. The Hall–Kier alpha value is -2.41. The average Bonchev–Trinajstić information content (AvgIpc) is 2.99. The Labute approximate surface area is 155 Å². The molecule has 0 spiro atoms. The molecule has 0 saturated carbocycles. The number of para-hydroxylation sites is 1. The summed E-state index contributed by atoms with van der Waals surface area (Å²) in [6, 6.07) is 6.17. The number of aryl methyl sites for hydroxylation is 1. The third kappa shape index (κ3) is 4.04. The van der Waals surface area contributed by atoms with Crippen LogP contribution in [0.15, 0.2) is 24.3 Å². The van der Waals surface area contributed by atoms with E-state index in [1.54, 1.807) is 25.1 Å². The average molecular weight is 376 g/mol. The summed E-state index contributed by atoms with van der Waals surface area (Å²) in [6.07, 6.45) is 3.84. The summed E-state index contributed by atoms with van der Waals surface area (Å²) < 4.78 is 18.8. The molecule has 3 rings (SSSR count). The maximum absolute atomic E-state index is 13.6. The minimum absolute atomic E-state index is 0.0915. The van der Waals surface area contributed by atoms with Crippen LogP contribution in [0.5, 0.6) is 0 Å². The van der Waals surface area contributed by atoms with E-state index in [-0.39, 0.29) is 24.7 Å². The molecule has 1 aromatic heterocycles. The number of hydrogen-bond donors (Lipinski definition) is 2. The molecule has 138 valence electrons. The molecule has 1 aliphatic rings. The number of carbonyl (C=O) groups is 2. The van der Waals surface area contributed by atoms with E-state index in [1.807, 2.05) is 0 Å². The van der Waals surface area contributed by atoms with Gasteiger partial charge in [0.15, 0.2) is 0 Å². The summed E-state index contributed by atoms with van der Waals surface area (Å²) in [6.45, 7) is 1.95. The van der Waals surface area contributed by atoms with E-state index in [0.29, 0.717) is 10.6 Å². The lowest BCUT2D eigenvalue weighted by atomic mass is 9.95. The lowest BCUT2D eigenvalue weighted by molar-refractivity contribution is -0.114. The minimum Gasteiger partial charge on any atom is -0.462 e. The molecule has 0 unspecified atom stereocenters. The van der Waals surface area contributed by atoms with Gasteiger partial charge in [0.05, 0.1) is 24.4 Å². The van der Waals surface area contributed by atoms with Crippen LogP contribution in [0.4, 0.5) is 15.1 Å². The van der Waals surface area contributed by atoms with E-state index < -0.39 is 11.8 Å². The molecule has 2 aromatic rings. The number of thiophene rings is 1. The minimum atomic E-state index is -0.417. The normalized spacial score (nSPS) is 13.0. The molecule has 2 N–H and O–H groups in total. The highest BCUT2D eigenvalue weighted by Crippen LogP contribution is 2.38. The van der Waals surface area contributed by atoms with Gasteiger partial charge in [-0.1, -0.05) is 12.1 Å². The van der Waals surface area contributed by atoms with Crippen molar-refractivity contribution in [1.29, 1.82) is 0 Å². The Morgan fingerprint density at radius 3 is 2.77 bits per heavy atom. The molecular formula is C19H21FN2O3S. The molecule has 1 aromatic carbocycles. The monoisotopic (exact) mass is 376 g/mol. The Morgan fingerprint density at radius 1 is 1.23 bits per heavy atom. The molecule has 0 atom stereocenters. The number of halogens is 1. The Morgan fingerprint density at radius 2 is 2.00 bits per heavy atom. The SMILES string of the molecule is CCOC(=O)c1c(NC(=O)CNc2ccccc2F)sc2c1CCCC2. The van der Waals surface area contributed by atoms with Crippen LogP contribution in [0.25, 0.3) is 0 Å². The van der Waals surface area contributed by atoms with Crippen molar-refractivity contribution in [3.8, 4) is 0 Å². The second kappa shape index (κ2) is 8.31. The number of anilines is 2. The predicted octanol–water partition coefficient (Wildman–Crippen LogP) is 3.99. The highest BCUT2D eigenvalue weighted by atomic mass is 32.1. The Kier molecular flexibility index (Phi) is 5.88. The van der Waals surface area contributed by atoms with Gasteiger partial charge < -0.3 is 15.4 Å². The van der Waals surface area contributed by atoms with E-state index in [1.165, 1.54) is 17.4 Å². The van der Waals surface area contributed by atoms with Crippen LogP contribution in [0.2, 0.25) is 0 Å². The highest BCUT2D eigenvalue weighted by Gasteiger charge is 2.27. The number of ether oxygens (including phenoxy) is 1. The molecule has 0 aliphatic heterocycles. The molecule has 1 aliphatic carbocycles. The van der Waals surface area contributed by atoms with Crippen LogP contribution in [-0.2, 0) is 22.4 Å². The number of nitrogens with one attached hydrogen (secondary N) is 2. The number of fused-ring (bicyclic) bond motifs is 1. The van der Waals surface area contributed by atoms with Crippen molar-refractivity contribution < 1.29 is 18.7 Å². The zero-order valence-electron chi connectivity index (χ0n) is 14.6. The number of esters is 1. The summed E-state index contributed by atoms with van der Waals surface area (Å²) in [7, 11) is 0. The van der Waals surface area contributed by atoms with E-state index in [0.717, 1.165) is 36.1 Å². The second-order valence-corrected chi connectivity index (χ2v) is 7.12. The van der Waals surface area contributed by atoms with Crippen LogP contribution >= 0.6 is 11.3 Å². The number of carbonyl (C=O) groups excluding carboxylic acids is 2. The van der Waals surface area contributed by atoms with Crippen molar-refractivity contribution in [2.45, 2.75) is 32.6 Å². The molecule has 0 bridgehead atoms. The molecule has 1 heterocycles. The van der Waals surface area contributed by atoms with Crippen molar-refractivity contribution >= 4 is 33.9 Å². The number of hydrogen-bond acceptors (Lipinski definition) is 5. The van der Waals surface area contributed by atoms with Gasteiger partial charge in [0.2, 0.25) is 5.91 Å². The van der Waals surface area contributed by atoms with Crippen molar-refractivity contribution in [2.24, 2.45) is 0 Å². The Bertz CT molecular complexity index is 819. The summed E-state index contributed by atoms with van der Waals surface area (Å²) >= 11 is 1.43. The second-order valence-electron chi connectivity index (χ2n) is 6.02. The molecule has 0 radical (unpaired) electrons. The van der Waals surface area contributed by atoms with Gasteiger partial charge in [-0.15, -0.1) is 11.3 Å². The third-order valence-electron chi connectivity index (χ3n) is 4.22. The lowest BCUT2D eigenvalue weighted by Gasteiger charge is -2.12. The summed E-state index contributed by atoms with van der Waals surface area (Å²) in [5.74, 6) is -1.15. The predicted molar refractivity (Wildman–Crippen MR) is 100 cm³/mol. The largest absolute Gasteiger partial charge is 0.462 e. The lowest BCUT2D eigenvalue weighted by Crippen LogP contribution is -2.23. The zero-order chi connectivity index (χ0) is 18.5. The fourth-order valence-corrected chi connectivity index (χ4v) is 4.32. The molecule has 5 nitrogen and oxygen atoms in total. The summed E-state index contributed by atoms with van der Waals surface area (Å²) in [5.41, 5.74) is 1.74. The third-order valence-corrected chi connectivity index (χ3v) is 5.42. The van der Waals surface area contributed by atoms with Gasteiger partial charge in [0.25, 0.3) is 0 Å². The van der Waals surface area contributed by atoms with Gasteiger partial charge in [-0.2, -0.15) is 0 Å². The van der Waals surface area contributed by atoms with Crippen molar-refractivity contribution in [3.05, 3.63) is 46.1 Å². The molecular weight excluding hydrogens is 355 g/mol. The first-order chi connectivity index (χ1) is 12.6. The van der Waals surface area contributed by atoms with E-state index in [2.05, 4.69) is 10.6 Å². The van der Waals surface area contributed by atoms with Crippen LogP contribution in [-0.4, -0.2) is 25.0 Å². The smallest absolute Gasteiger partial charge is 0.341 e. The van der Waals surface area contributed by atoms with Crippen LogP contribution < -0.4 is 10.6 Å². The maximum atomic E-state index is 13.6. The first kappa shape index (κ1) is 18.4. The van der Waals surface area contributed by atoms with Crippen molar-refractivity contribution in [3.63, 3.8) is 0 Å². The maximum Gasteiger partial charge on any atom is 0.341 e. The molecule has 26 heavy (non-hydrogen) atoms. The van der Waals surface area contributed by atoms with Gasteiger partial charge >= 0.3 is 5.97 Å². The summed E-state index contributed by atoms with van der Waals surface area (Å²) in [4.78, 5) is 25.8. The Balaban J connectivity index is 1.74. The van der Waals surface area contributed by atoms with E-state index in [4.69, 9.17) is 4.74 Å². The molecule has 0 fully saturated rings. The quantitative estimate of drug-likeness (QED) is 0.748. The fraction of sp³-hybridized carbons (Fsp3) is 0.368. The molecule has 0 saturated heterocycles. The van der Waals surface area contributed by atoms with Gasteiger partial charge in [-0.05, 0) is 50.3 Å². The van der Waals surface area contributed by atoms with Gasteiger partial charge in [0.1, 0.15) is 10.8 Å². The van der Waals surface area contributed by atoms with E-state index >= 15 is 0 Å². The zero-order valence-corrected chi connectivity index (χ0v) is 15.4. The standard InChI is InChI=1S/C19H21FN2O3S/c1-2-25-19(24)17-12-7-3-6-10-15(12)26-18(17)22-16(23)11-21-14-9-5-4-8-13(14)20/h4-5,8-9,21H,2-3,6-7,10-11H2,1H3,(H,22,23). The first-order valence-corrected chi connectivity index (χ1v) is 9.51. The van der Waals surface area contributed by atoms with Crippen LogP contribution in [0.1, 0.15) is 40.6 Å². The van der Waals surface area contributed by atoms with Gasteiger partial charge in [-0.3, -0.25) is 4.79 Å². The number of benzene rings is 1. The molecule has 7 heteroatoms. The van der Waals surface area contributed by atoms with E-state index in [9.17, 15) is 14.0 Å². The first-order valence-electron chi connectivity index (χ1n) is 8.70. The summed E-state index contributed by atoms with van der Waals surface area (Å²) in [5, 5.41) is 6.08. The topological polar surface area (TPSA) is 67.4 Å². The molecule has 1 amide bonds. The fourth-order valence-electron chi connectivity index (χ4n) is 3.02. The van der Waals surface area contributed by atoms with Gasteiger partial charge in [0, 0.05) is 4.88 Å². The highest BCUT2D eigenvalue weighted by molar-refractivity contribution is 7.17. The van der Waals surface area contributed by atoms with Gasteiger partial charge in [-0.25, -0.2) is 9.18 Å². The number of amides is 1. The van der Waals surface area contributed by atoms with Crippen molar-refractivity contribution in [2.75, 3.05) is 23.8 Å².